The maximum Gasteiger partial charge on any atom is 0.0503 e. The number of nitrogens with zero attached hydrogens (tertiary/aromatic N) is 2. The molecular formula is C8H15N3. The summed E-state index contributed by atoms with van der Waals surface area (Å²) < 4.78 is 0. The van der Waals surface area contributed by atoms with Crippen molar-refractivity contribution in [3.63, 3.8) is 0 Å². The van der Waals surface area contributed by atoms with Crippen molar-refractivity contribution in [3.8, 4) is 0 Å². The van der Waals surface area contributed by atoms with Crippen LogP contribution in [0.2, 0.25) is 0 Å². The van der Waals surface area contributed by atoms with Crippen LogP contribution >= 0.6 is 0 Å². The fourth-order valence-electron chi connectivity index (χ4n) is 0.983. The van der Waals surface area contributed by atoms with Crippen molar-refractivity contribution < 1.29 is 0 Å². The first-order valence-corrected chi connectivity index (χ1v) is 4.15. The minimum absolute atomic E-state index is 1.04. The summed E-state index contributed by atoms with van der Waals surface area (Å²) in [5.41, 5.74) is 2.89. The van der Waals surface area contributed by atoms with Crippen LogP contribution in [-0.2, 0) is 0 Å². The first-order valence-electron chi connectivity index (χ1n) is 4.15. The highest BCUT2D eigenvalue weighted by Gasteiger charge is 1.96. The zero-order valence-electron chi connectivity index (χ0n) is 6.95. The molecule has 0 saturated heterocycles. The number of hydrazine groups is 1. The molecule has 0 bridgehead atoms. The van der Waals surface area contributed by atoms with Crippen molar-refractivity contribution >= 4 is 6.21 Å². The molecule has 11 heavy (non-hydrogen) atoms. The third-order valence-corrected chi connectivity index (χ3v) is 1.62. The van der Waals surface area contributed by atoms with Gasteiger partial charge in [0.05, 0.1) is 6.21 Å². The van der Waals surface area contributed by atoms with Crippen LogP contribution < -0.4 is 5.53 Å². The fourth-order valence-corrected chi connectivity index (χ4v) is 0.983. The van der Waals surface area contributed by atoms with Gasteiger partial charge in [-0.1, -0.05) is 19.8 Å². The molecule has 0 radical (unpaired) electrons. The highest BCUT2D eigenvalue weighted by Crippen LogP contribution is 1.97. The number of unbranched alkanes of at least 4 members (excludes halogenated alkanes) is 2. The lowest BCUT2D eigenvalue weighted by Gasteiger charge is -2.20. The Balaban J connectivity index is 2.07. The molecule has 0 aromatic carbocycles. The maximum atomic E-state index is 3.90. The molecule has 1 heterocycles. The van der Waals surface area contributed by atoms with Gasteiger partial charge in [0.15, 0.2) is 0 Å². The number of hydrogen-bond acceptors (Lipinski definition) is 3. The highest BCUT2D eigenvalue weighted by molar-refractivity contribution is 5.70. The first kappa shape index (κ1) is 8.11. The van der Waals surface area contributed by atoms with Crippen molar-refractivity contribution in [1.82, 2.24) is 10.5 Å². The number of hydrazone groups is 1. The molecule has 0 aromatic heterocycles. The standard InChI is InChI=1S/C8H15N3/c1-2-3-4-7-11-8-5-6-9-10-11/h5-6,8,10H,2-4,7H2,1H3. The molecule has 3 nitrogen and oxygen atoms in total. The SMILES string of the molecule is CCCCCN1C=CC=NN1. The second kappa shape index (κ2) is 4.77. The van der Waals surface area contributed by atoms with Crippen LogP contribution in [0.5, 0.6) is 0 Å². The van der Waals surface area contributed by atoms with Crippen LogP contribution in [0.3, 0.4) is 0 Å². The Hall–Kier alpha value is -0.990. The Morgan fingerprint density at radius 1 is 1.45 bits per heavy atom. The van der Waals surface area contributed by atoms with Crippen LogP contribution in [-0.4, -0.2) is 17.8 Å². The smallest absolute Gasteiger partial charge is 0.0503 e. The van der Waals surface area contributed by atoms with Gasteiger partial charge >= 0.3 is 0 Å². The van der Waals surface area contributed by atoms with Gasteiger partial charge in [-0.15, -0.1) is 0 Å². The van der Waals surface area contributed by atoms with E-state index in [4.69, 9.17) is 0 Å². The van der Waals surface area contributed by atoms with Gasteiger partial charge in [0.1, 0.15) is 0 Å². The number of rotatable bonds is 4. The Morgan fingerprint density at radius 3 is 3.00 bits per heavy atom. The average molecular weight is 153 g/mol. The third kappa shape index (κ3) is 3.07. The third-order valence-electron chi connectivity index (χ3n) is 1.62. The maximum absolute atomic E-state index is 3.90. The van der Waals surface area contributed by atoms with Crippen molar-refractivity contribution in [3.05, 3.63) is 12.3 Å². The monoisotopic (exact) mass is 153 g/mol. The van der Waals surface area contributed by atoms with E-state index in [-0.39, 0.29) is 0 Å². The van der Waals surface area contributed by atoms with Gasteiger partial charge in [0.2, 0.25) is 0 Å². The Bertz CT molecular complexity index is 151. The summed E-state index contributed by atoms with van der Waals surface area (Å²) in [7, 11) is 0. The van der Waals surface area contributed by atoms with Crippen molar-refractivity contribution in [2.45, 2.75) is 26.2 Å². The van der Waals surface area contributed by atoms with Gasteiger partial charge in [-0.25, -0.2) is 5.53 Å². The van der Waals surface area contributed by atoms with E-state index in [0.717, 1.165) is 6.54 Å². The van der Waals surface area contributed by atoms with E-state index in [0.29, 0.717) is 0 Å². The molecule has 3 heteroatoms. The summed E-state index contributed by atoms with van der Waals surface area (Å²) in [6.45, 7) is 3.25. The molecule has 0 unspecified atom stereocenters. The van der Waals surface area contributed by atoms with Gasteiger partial charge < -0.3 is 0 Å². The zero-order valence-corrected chi connectivity index (χ0v) is 6.95. The molecular weight excluding hydrogens is 138 g/mol. The Morgan fingerprint density at radius 2 is 2.36 bits per heavy atom. The molecule has 0 atom stereocenters. The molecule has 1 aliphatic heterocycles. The normalized spacial score (nSPS) is 15.2. The molecule has 1 N–H and O–H groups in total. The molecule has 1 rings (SSSR count). The van der Waals surface area contributed by atoms with Gasteiger partial charge in [0, 0.05) is 12.7 Å². The lowest BCUT2D eigenvalue weighted by molar-refractivity contribution is 0.269. The second-order valence-electron chi connectivity index (χ2n) is 2.62. The molecule has 0 spiro atoms. The van der Waals surface area contributed by atoms with Gasteiger partial charge in [-0.2, -0.15) is 5.10 Å². The van der Waals surface area contributed by atoms with Gasteiger partial charge in [-0.05, 0) is 12.5 Å². The summed E-state index contributed by atoms with van der Waals surface area (Å²) in [6.07, 6.45) is 9.46. The van der Waals surface area contributed by atoms with Crippen molar-refractivity contribution in [2.24, 2.45) is 5.10 Å². The lowest BCUT2D eigenvalue weighted by atomic mass is 10.2. The summed E-state index contributed by atoms with van der Waals surface area (Å²) in [6, 6.07) is 0. The minimum atomic E-state index is 1.04. The summed E-state index contributed by atoms with van der Waals surface area (Å²) in [5, 5.41) is 5.90. The van der Waals surface area contributed by atoms with E-state index in [2.05, 4.69) is 17.6 Å². The summed E-state index contributed by atoms with van der Waals surface area (Å²) in [5.74, 6) is 0. The van der Waals surface area contributed by atoms with E-state index in [1.807, 2.05) is 17.3 Å². The van der Waals surface area contributed by atoms with Crippen molar-refractivity contribution in [1.29, 1.82) is 0 Å². The van der Waals surface area contributed by atoms with E-state index in [9.17, 15) is 0 Å². The molecule has 0 amide bonds. The van der Waals surface area contributed by atoms with E-state index in [1.54, 1.807) is 6.21 Å². The fraction of sp³-hybridized carbons (Fsp3) is 0.625. The predicted molar refractivity (Wildman–Crippen MR) is 47.0 cm³/mol. The Labute approximate surface area is 67.7 Å². The number of hydrogen-bond donors (Lipinski definition) is 1. The molecule has 62 valence electrons. The van der Waals surface area contributed by atoms with Crippen LogP contribution in [0.1, 0.15) is 26.2 Å². The van der Waals surface area contributed by atoms with Gasteiger partial charge in [0.25, 0.3) is 0 Å². The predicted octanol–water partition coefficient (Wildman–Crippen LogP) is 1.50. The molecule has 0 saturated carbocycles. The van der Waals surface area contributed by atoms with Crippen LogP contribution in [0, 0.1) is 0 Å². The first-order chi connectivity index (χ1) is 5.43. The highest BCUT2D eigenvalue weighted by atomic mass is 15.6. The van der Waals surface area contributed by atoms with E-state index < -0.39 is 0 Å². The zero-order chi connectivity index (χ0) is 7.94. The molecule has 0 aromatic rings. The minimum Gasteiger partial charge on any atom is -0.279 e. The number of nitrogens with one attached hydrogen (secondary N) is 1. The average Bonchev–Trinajstić information content (AvgIpc) is 2.07. The van der Waals surface area contributed by atoms with E-state index >= 15 is 0 Å². The molecule has 0 aliphatic carbocycles. The van der Waals surface area contributed by atoms with Crippen molar-refractivity contribution in [2.75, 3.05) is 6.54 Å². The topological polar surface area (TPSA) is 27.6 Å². The molecule has 0 fully saturated rings. The largest absolute Gasteiger partial charge is 0.279 e. The number of allylic oxidation sites excluding steroid dienone is 1. The van der Waals surface area contributed by atoms with Gasteiger partial charge in [-0.3, -0.25) is 5.01 Å². The quantitative estimate of drug-likeness (QED) is 0.620. The Kier molecular flexibility index (Phi) is 3.52. The lowest BCUT2D eigenvalue weighted by Crippen LogP contribution is -2.31. The molecule has 1 aliphatic rings. The summed E-state index contributed by atoms with van der Waals surface area (Å²) in [4.78, 5) is 0. The van der Waals surface area contributed by atoms with Crippen LogP contribution in [0.4, 0.5) is 0 Å². The van der Waals surface area contributed by atoms with E-state index in [1.165, 1.54) is 19.3 Å². The second-order valence-corrected chi connectivity index (χ2v) is 2.62. The van der Waals surface area contributed by atoms with Crippen LogP contribution in [0.25, 0.3) is 0 Å². The van der Waals surface area contributed by atoms with Crippen LogP contribution in [0.15, 0.2) is 17.4 Å². The summed E-state index contributed by atoms with van der Waals surface area (Å²) >= 11 is 0.